The summed E-state index contributed by atoms with van der Waals surface area (Å²) in [6, 6.07) is 5.63. The van der Waals surface area contributed by atoms with Gasteiger partial charge in [-0.1, -0.05) is 22.0 Å². The molecule has 0 fully saturated rings. The maximum Gasteiger partial charge on any atom is 0.251 e. The highest BCUT2D eigenvalue weighted by molar-refractivity contribution is 9.10. The number of aryl methyl sites for hydroxylation is 1. The van der Waals surface area contributed by atoms with Crippen molar-refractivity contribution in [1.82, 2.24) is 5.32 Å². The van der Waals surface area contributed by atoms with Crippen molar-refractivity contribution in [1.29, 1.82) is 0 Å². The van der Waals surface area contributed by atoms with Crippen LogP contribution in [0.4, 0.5) is 0 Å². The summed E-state index contributed by atoms with van der Waals surface area (Å²) in [5, 5.41) is 2.83. The van der Waals surface area contributed by atoms with Gasteiger partial charge in [0, 0.05) is 22.6 Å². The van der Waals surface area contributed by atoms with E-state index in [-0.39, 0.29) is 24.4 Å². The average molecular weight is 308 g/mol. The molecule has 1 aromatic rings. The zero-order valence-electron chi connectivity index (χ0n) is 9.29. The summed E-state index contributed by atoms with van der Waals surface area (Å²) >= 11 is 3.34. The molecule has 16 heavy (non-hydrogen) atoms. The fourth-order valence-electron chi connectivity index (χ4n) is 1.20. The lowest BCUT2D eigenvalue weighted by atomic mass is 10.1. The molecule has 0 spiro atoms. The molecular weight excluding hydrogens is 291 g/mol. The summed E-state index contributed by atoms with van der Waals surface area (Å²) in [5.41, 5.74) is 7.09. The van der Waals surface area contributed by atoms with Crippen molar-refractivity contribution in [3.63, 3.8) is 0 Å². The number of hydrogen-bond acceptors (Lipinski definition) is 2. The first-order chi connectivity index (χ1) is 7.04. The quantitative estimate of drug-likeness (QED) is 0.900. The van der Waals surface area contributed by atoms with E-state index in [9.17, 15) is 4.79 Å². The third-order valence-corrected chi connectivity index (χ3v) is 2.67. The van der Waals surface area contributed by atoms with Gasteiger partial charge in [-0.3, -0.25) is 4.79 Å². The Morgan fingerprint density at radius 2 is 2.19 bits per heavy atom. The summed E-state index contributed by atoms with van der Waals surface area (Å²) < 4.78 is 0.902. The molecule has 0 aliphatic heterocycles. The summed E-state index contributed by atoms with van der Waals surface area (Å²) in [5.74, 6) is -0.0771. The minimum atomic E-state index is -0.0771. The van der Waals surface area contributed by atoms with Gasteiger partial charge in [-0.2, -0.15) is 0 Å². The highest BCUT2D eigenvalue weighted by Crippen LogP contribution is 2.15. The Balaban J connectivity index is 0.00000225. The Kier molecular flexibility index (Phi) is 6.64. The highest BCUT2D eigenvalue weighted by atomic mass is 79.9. The Labute approximate surface area is 110 Å². The van der Waals surface area contributed by atoms with Crippen molar-refractivity contribution >= 4 is 34.2 Å². The first-order valence-electron chi connectivity index (χ1n) is 4.81. The average Bonchev–Trinajstić information content (AvgIpc) is 2.21. The minimum Gasteiger partial charge on any atom is -0.348 e. The van der Waals surface area contributed by atoms with Gasteiger partial charge in [0.15, 0.2) is 0 Å². The first kappa shape index (κ1) is 15.4. The van der Waals surface area contributed by atoms with E-state index in [4.69, 9.17) is 5.73 Å². The van der Waals surface area contributed by atoms with Gasteiger partial charge in [-0.05, 0) is 31.5 Å². The molecule has 0 radical (unpaired) electrons. The van der Waals surface area contributed by atoms with Gasteiger partial charge in [-0.15, -0.1) is 12.4 Å². The predicted molar refractivity (Wildman–Crippen MR) is 72.1 cm³/mol. The number of carbonyl (C=O) groups is 1. The number of hydrogen-bond donors (Lipinski definition) is 2. The van der Waals surface area contributed by atoms with Crippen molar-refractivity contribution in [2.45, 2.75) is 19.9 Å². The molecule has 1 aromatic carbocycles. The Hall–Kier alpha value is -0.580. The smallest absolute Gasteiger partial charge is 0.251 e. The lowest BCUT2D eigenvalue weighted by Crippen LogP contribution is -2.38. The normalized spacial score (nSPS) is 11.5. The van der Waals surface area contributed by atoms with Gasteiger partial charge in [-0.25, -0.2) is 0 Å². The number of rotatable bonds is 3. The van der Waals surface area contributed by atoms with Crippen molar-refractivity contribution in [2.75, 3.05) is 6.54 Å². The first-order valence-corrected chi connectivity index (χ1v) is 5.61. The third-order valence-electron chi connectivity index (χ3n) is 2.18. The van der Waals surface area contributed by atoms with Crippen molar-refractivity contribution in [3.05, 3.63) is 33.8 Å². The van der Waals surface area contributed by atoms with Crippen molar-refractivity contribution in [3.8, 4) is 0 Å². The van der Waals surface area contributed by atoms with E-state index in [0.717, 1.165) is 10.0 Å². The number of amides is 1. The molecule has 0 aliphatic carbocycles. The molecule has 1 amide bonds. The second-order valence-corrected chi connectivity index (χ2v) is 4.49. The summed E-state index contributed by atoms with van der Waals surface area (Å²) in [6.07, 6.45) is 0. The Morgan fingerprint density at radius 3 is 2.75 bits per heavy atom. The van der Waals surface area contributed by atoms with Gasteiger partial charge in [0.2, 0.25) is 0 Å². The van der Waals surface area contributed by atoms with Gasteiger partial charge in [0.25, 0.3) is 5.91 Å². The zero-order chi connectivity index (χ0) is 11.4. The maximum atomic E-state index is 11.8. The second kappa shape index (κ2) is 6.89. The SMILES string of the molecule is Cc1ccc(Br)cc1C(=O)N[C@H](C)CN.Cl. The van der Waals surface area contributed by atoms with Crippen LogP contribution in [0.3, 0.4) is 0 Å². The monoisotopic (exact) mass is 306 g/mol. The minimum absolute atomic E-state index is 0. The summed E-state index contributed by atoms with van der Waals surface area (Å²) in [6.45, 7) is 4.23. The van der Waals surface area contributed by atoms with E-state index >= 15 is 0 Å². The lowest BCUT2D eigenvalue weighted by molar-refractivity contribution is 0.0940. The standard InChI is InChI=1S/C11H15BrN2O.ClH/c1-7-3-4-9(12)5-10(7)11(15)14-8(2)6-13;/h3-5,8H,6,13H2,1-2H3,(H,14,15);1H/t8-;/m1./s1. The number of benzene rings is 1. The molecule has 0 unspecified atom stereocenters. The lowest BCUT2D eigenvalue weighted by Gasteiger charge is -2.12. The molecule has 3 N–H and O–H groups in total. The Bertz CT molecular complexity index is 371. The van der Waals surface area contributed by atoms with E-state index in [1.54, 1.807) is 0 Å². The van der Waals surface area contributed by atoms with Crippen LogP contribution in [0.1, 0.15) is 22.8 Å². The van der Waals surface area contributed by atoms with Crippen LogP contribution in [0, 0.1) is 6.92 Å². The molecule has 0 aliphatic rings. The molecule has 0 saturated heterocycles. The summed E-state index contributed by atoms with van der Waals surface area (Å²) in [4.78, 5) is 11.8. The molecule has 0 bridgehead atoms. The summed E-state index contributed by atoms with van der Waals surface area (Å²) in [7, 11) is 0. The van der Waals surface area contributed by atoms with Crippen molar-refractivity contribution < 1.29 is 4.79 Å². The highest BCUT2D eigenvalue weighted by Gasteiger charge is 2.11. The third kappa shape index (κ3) is 4.12. The number of nitrogens with one attached hydrogen (secondary N) is 1. The predicted octanol–water partition coefficient (Wildman–Crippen LogP) is 2.26. The van der Waals surface area contributed by atoms with Crippen LogP contribution in [0.25, 0.3) is 0 Å². The van der Waals surface area contributed by atoms with E-state index in [0.29, 0.717) is 12.1 Å². The van der Waals surface area contributed by atoms with Crippen LogP contribution in [-0.2, 0) is 0 Å². The van der Waals surface area contributed by atoms with Crippen LogP contribution in [-0.4, -0.2) is 18.5 Å². The maximum absolute atomic E-state index is 11.8. The molecule has 90 valence electrons. The number of halogens is 2. The van der Waals surface area contributed by atoms with Gasteiger partial charge in [0.05, 0.1) is 0 Å². The zero-order valence-corrected chi connectivity index (χ0v) is 11.7. The van der Waals surface area contributed by atoms with Crippen LogP contribution in [0.5, 0.6) is 0 Å². The van der Waals surface area contributed by atoms with E-state index in [1.165, 1.54) is 0 Å². The van der Waals surface area contributed by atoms with Gasteiger partial charge >= 0.3 is 0 Å². The fraction of sp³-hybridized carbons (Fsp3) is 0.364. The van der Waals surface area contributed by atoms with E-state index < -0.39 is 0 Å². The molecule has 0 heterocycles. The van der Waals surface area contributed by atoms with Crippen LogP contribution >= 0.6 is 28.3 Å². The molecule has 3 nitrogen and oxygen atoms in total. The van der Waals surface area contributed by atoms with Gasteiger partial charge in [0.1, 0.15) is 0 Å². The molecular formula is C11H16BrClN2O. The van der Waals surface area contributed by atoms with Crippen molar-refractivity contribution in [2.24, 2.45) is 5.73 Å². The van der Waals surface area contributed by atoms with E-state index in [1.807, 2.05) is 32.0 Å². The fourth-order valence-corrected chi connectivity index (χ4v) is 1.56. The number of carbonyl (C=O) groups excluding carboxylic acids is 1. The molecule has 0 saturated carbocycles. The van der Waals surface area contributed by atoms with Crippen LogP contribution in [0.15, 0.2) is 22.7 Å². The molecule has 0 aromatic heterocycles. The molecule has 5 heteroatoms. The number of nitrogens with two attached hydrogens (primary N) is 1. The Morgan fingerprint density at radius 1 is 1.56 bits per heavy atom. The topological polar surface area (TPSA) is 55.1 Å². The molecule has 1 atom stereocenters. The van der Waals surface area contributed by atoms with Crippen LogP contribution in [0.2, 0.25) is 0 Å². The molecule has 1 rings (SSSR count). The largest absolute Gasteiger partial charge is 0.348 e. The second-order valence-electron chi connectivity index (χ2n) is 3.57. The van der Waals surface area contributed by atoms with E-state index in [2.05, 4.69) is 21.2 Å². The van der Waals surface area contributed by atoms with Gasteiger partial charge < -0.3 is 11.1 Å². The van der Waals surface area contributed by atoms with Crippen LogP contribution < -0.4 is 11.1 Å².